The van der Waals surface area contributed by atoms with Crippen molar-refractivity contribution >= 4 is 11.8 Å². The van der Waals surface area contributed by atoms with Gasteiger partial charge in [-0.15, -0.1) is 0 Å². The summed E-state index contributed by atoms with van der Waals surface area (Å²) in [6.07, 6.45) is 7.79. The molecule has 4 rings (SSSR count). The van der Waals surface area contributed by atoms with Crippen molar-refractivity contribution in [3.63, 3.8) is 0 Å². The maximum absolute atomic E-state index is 13.1. The fourth-order valence-corrected chi connectivity index (χ4v) is 5.63. The molecule has 3 heterocycles. The van der Waals surface area contributed by atoms with Crippen molar-refractivity contribution in [2.75, 3.05) is 31.6 Å². The van der Waals surface area contributed by atoms with Crippen LogP contribution in [0.5, 0.6) is 0 Å². The SMILES string of the molecule is CCCCCCCO[C@H]1O[C@H]([C@@H](CN2CCCCCC2)OC(=O)Nc2ccc(C)cc2)[C@@H]2OC(C)(C)O[C@H]12. The van der Waals surface area contributed by atoms with Gasteiger partial charge in [-0.25, -0.2) is 4.79 Å². The smallest absolute Gasteiger partial charge is 0.412 e. The molecule has 3 aliphatic heterocycles. The van der Waals surface area contributed by atoms with Gasteiger partial charge in [0.25, 0.3) is 0 Å². The number of unbranched alkanes of at least 4 members (excludes halogenated alkanes) is 4. The standard InChI is InChI=1S/C30H48N2O6/c1-5-6-7-10-13-20-34-28-27-26(37-30(3,4)38-27)25(36-28)24(21-32-18-11-8-9-12-19-32)35-29(33)31-23-16-14-22(2)15-17-23/h14-17,24-28H,5-13,18-21H2,1-4H3,(H,31,33)/t24-,25-,26+,27+,28+/m1/s1. The van der Waals surface area contributed by atoms with E-state index in [2.05, 4.69) is 17.1 Å². The largest absolute Gasteiger partial charge is 0.442 e. The van der Waals surface area contributed by atoms with E-state index >= 15 is 0 Å². The van der Waals surface area contributed by atoms with Crippen molar-refractivity contribution in [3.8, 4) is 0 Å². The first-order valence-corrected chi connectivity index (χ1v) is 14.7. The van der Waals surface area contributed by atoms with Gasteiger partial charge in [0.05, 0.1) is 0 Å². The summed E-state index contributed by atoms with van der Waals surface area (Å²) in [6, 6.07) is 7.68. The molecule has 0 radical (unpaired) electrons. The number of anilines is 1. The number of aryl methyl sites for hydroxylation is 1. The highest BCUT2D eigenvalue weighted by molar-refractivity contribution is 5.84. The molecule has 0 bridgehead atoms. The molecule has 0 aliphatic carbocycles. The minimum absolute atomic E-state index is 0.360. The van der Waals surface area contributed by atoms with Gasteiger partial charge < -0.3 is 23.7 Å². The first-order valence-electron chi connectivity index (χ1n) is 14.7. The molecule has 3 fully saturated rings. The van der Waals surface area contributed by atoms with E-state index in [0.717, 1.165) is 44.3 Å². The van der Waals surface area contributed by atoms with Gasteiger partial charge in [0.1, 0.15) is 24.4 Å². The van der Waals surface area contributed by atoms with Crippen molar-refractivity contribution in [2.24, 2.45) is 0 Å². The predicted molar refractivity (Wildman–Crippen MR) is 147 cm³/mol. The summed E-state index contributed by atoms with van der Waals surface area (Å²) >= 11 is 0. The molecule has 214 valence electrons. The van der Waals surface area contributed by atoms with Crippen LogP contribution in [0.15, 0.2) is 24.3 Å². The van der Waals surface area contributed by atoms with Crippen molar-refractivity contribution in [2.45, 2.75) is 122 Å². The first-order chi connectivity index (χ1) is 18.3. The van der Waals surface area contributed by atoms with Crippen molar-refractivity contribution < 1.29 is 28.5 Å². The second-order valence-electron chi connectivity index (χ2n) is 11.5. The highest BCUT2D eigenvalue weighted by atomic mass is 16.8. The van der Waals surface area contributed by atoms with Crippen LogP contribution in [0, 0.1) is 6.92 Å². The summed E-state index contributed by atoms with van der Waals surface area (Å²) in [5, 5.41) is 2.88. The van der Waals surface area contributed by atoms with E-state index < -0.39 is 30.4 Å². The number of benzene rings is 1. The van der Waals surface area contributed by atoms with Gasteiger partial charge in [-0.05, 0) is 65.3 Å². The van der Waals surface area contributed by atoms with Gasteiger partial charge in [0.2, 0.25) is 0 Å². The summed E-state index contributed by atoms with van der Waals surface area (Å²) in [4.78, 5) is 15.4. The second-order valence-corrected chi connectivity index (χ2v) is 11.5. The Morgan fingerprint density at radius 2 is 1.71 bits per heavy atom. The topological polar surface area (TPSA) is 78.5 Å². The van der Waals surface area contributed by atoms with Gasteiger partial charge in [-0.1, -0.05) is 63.1 Å². The van der Waals surface area contributed by atoms with Crippen LogP contribution in [0.3, 0.4) is 0 Å². The summed E-state index contributed by atoms with van der Waals surface area (Å²) in [5.41, 5.74) is 1.83. The zero-order chi connectivity index (χ0) is 27.0. The van der Waals surface area contributed by atoms with Crippen molar-refractivity contribution in [3.05, 3.63) is 29.8 Å². The number of rotatable bonds is 12. The molecule has 0 spiro atoms. The highest BCUT2D eigenvalue weighted by Crippen LogP contribution is 2.41. The van der Waals surface area contributed by atoms with E-state index in [9.17, 15) is 4.79 Å². The number of nitrogens with zero attached hydrogens (tertiary/aromatic N) is 1. The number of fused-ring (bicyclic) bond motifs is 1. The lowest BCUT2D eigenvalue weighted by atomic mass is 10.0. The van der Waals surface area contributed by atoms with Crippen LogP contribution in [-0.2, 0) is 23.7 Å². The van der Waals surface area contributed by atoms with Crippen molar-refractivity contribution in [1.82, 2.24) is 4.90 Å². The zero-order valence-corrected chi connectivity index (χ0v) is 23.8. The van der Waals surface area contributed by atoms with Gasteiger partial charge in [-0.2, -0.15) is 0 Å². The average molecular weight is 533 g/mol. The zero-order valence-electron chi connectivity index (χ0n) is 23.8. The van der Waals surface area contributed by atoms with E-state index in [1.54, 1.807) is 0 Å². The monoisotopic (exact) mass is 532 g/mol. The number of nitrogens with one attached hydrogen (secondary N) is 1. The number of carbonyl (C=O) groups is 1. The minimum Gasteiger partial charge on any atom is -0.442 e. The molecule has 8 heteroatoms. The lowest BCUT2D eigenvalue weighted by molar-refractivity contribution is -0.243. The Morgan fingerprint density at radius 3 is 2.42 bits per heavy atom. The predicted octanol–water partition coefficient (Wildman–Crippen LogP) is 6.02. The van der Waals surface area contributed by atoms with Crippen molar-refractivity contribution in [1.29, 1.82) is 0 Å². The molecule has 5 atom stereocenters. The number of amides is 1. The van der Waals surface area contributed by atoms with Gasteiger partial charge in [0, 0.05) is 18.8 Å². The fraction of sp³-hybridized carbons (Fsp3) is 0.767. The molecule has 3 aliphatic rings. The number of likely N-dealkylation sites (tertiary alicyclic amines) is 1. The third kappa shape index (κ3) is 8.39. The summed E-state index contributed by atoms with van der Waals surface area (Å²) in [6.45, 7) is 11.2. The molecule has 1 aromatic carbocycles. The first kappa shape index (κ1) is 29.3. The van der Waals surface area contributed by atoms with E-state index in [0.29, 0.717) is 18.8 Å². The van der Waals surface area contributed by atoms with Crippen LogP contribution in [0.1, 0.15) is 84.1 Å². The van der Waals surface area contributed by atoms with E-state index in [-0.39, 0.29) is 12.2 Å². The van der Waals surface area contributed by atoms with Gasteiger partial charge in [-0.3, -0.25) is 10.2 Å². The number of ether oxygens (including phenoxy) is 5. The fourth-order valence-electron chi connectivity index (χ4n) is 5.63. The summed E-state index contributed by atoms with van der Waals surface area (Å²) in [5.74, 6) is -0.753. The van der Waals surface area contributed by atoms with Gasteiger partial charge in [0.15, 0.2) is 12.1 Å². The molecular formula is C30H48N2O6. The number of hydrogen-bond acceptors (Lipinski definition) is 7. The van der Waals surface area contributed by atoms with Crippen LogP contribution < -0.4 is 5.32 Å². The maximum atomic E-state index is 13.1. The minimum atomic E-state index is -0.753. The van der Waals surface area contributed by atoms with E-state index in [4.69, 9.17) is 23.7 Å². The second kappa shape index (κ2) is 14.1. The van der Waals surface area contributed by atoms with Gasteiger partial charge >= 0.3 is 6.09 Å². The lowest BCUT2D eigenvalue weighted by Crippen LogP contribution is -2.48. The Kier molecular flexibility index (Phi) is 10.8. The summed E-state index contributed by atoms with van der Waals surface area (Å²) in [7, 11) is 0. The molecule has 38 heavy (non-hydrogen) atoms. The summed E-state index contributed by atoms with van der Waals surface area (Å²) < 4.78 is 31.3. The molecule has 1 N–H and O–H groups in total. The third-order valence-electron chi connectivity index (χ3n) is 7.64. The lowest BCUT2D eigenvalue weighted by Gasteiger charge is -2.32. The van der Waals surface area contributed by atoms with Crippen LogP contribution in [0.2, 0.25) is 0 Å². The highest BCUT2D eigenvalue weighted by Gasteiger charge is 2.58. The molecule has 8 nitrogen and oxygen atoms in total. The van der Waals surface area contributed by atoms with E-state index in [1.807, 2.05) is 45.0 Å². The van der Waals surface area contributed by atoms with E-state index in [1.165, 1.54) is 32.1 Å². The molecule has 0 saturated carbocycles. The maximum Gasteiger partial charge on any atom is 0.412 e. The molecule has 3 saturated heterocycles. The Balaban J connectivity index is 1.45. The quantitative estimate of drug-likeness (QED) is 0.330. The Bertz CT molecular complexity index is 855. The number of hydrogen-bond donors (Lipinski definition) is 1. The van der Waals surface area contributed by atoms with Crippen LogP contribution in [-0.4, -0.2) is 73.7 Å². The Morgan fingerprint density at radius 1 is 1.03 bits per heavy atom. The normalized spacial score (nSPS) is 28.0. The van der Waals surface area contributed by atoms with Crippen LogP contribution >= 0.6 is 0 Å². The average Bonchev–Trinajstić information content (AvgIpc) is 3.22. The third-order valence-corrected chi connectivity index (χ3v) is 7.64. The Hall–Kier alpha value is -1.71. The molecule has 1 amide bonds. The van der Waals surface area contributed by atoms with Crippen LogP contribution in [0.25, 0.3) is 0 Å². The Labute approximate surface area is 228 Å². The number of carbonyl (C=O) groups excluding carboxylic acids is 1. The van der Waals surface area contributed by atoms with Crippen LogP contribution in [0.4, 0.5) is 10.5 Å². The molecular weight excluding hydrogens is 484 g/mol. The molecule has 1 aromatic rings. The molecule has 0 unspecified atom stereocenters. The molecule has 0 aromatic heterocycles.